The van der Waals surface area contributed by atoms with Gasteiger partial charge in [0.05, 0.1) is 11.5 Å². The SMILES string of the molecule is CCCCCCOc1cc2sc(-c3ncc(CCCCCC)cn3)cc2s1. The maximum atomic E-state index is 5.91. The molecule has 0 aliphatic carbocycles. The van der Waals surface area contributed by atoms with Gasteiger partial charge in [-0.05, 0) is 30.9 Å². The molecule has 0 radical (unpaired) electrons. The second-order valence-electron chi connectivity index (χ2n) is 7.04. The highest BCUT2D eigenvalue weighted by molar-refractivity contribution is 7.30. The third-order valence-electron chi connectivity index (χ3n) is 4.67. The van der Waals surface area contributed by atoms with E-state index in [1.165, 1.54) is 59.9 Å². The maximum Gasteiger partial charge on any atom is 0.175 e. The number of nitrogens with zero attached hydrogens (tertiary/aromatic N) is 2. The van der Waals surface area contributed by atoms with E-state index in [-0.39, 0.29) is 0 Å². The van der Waals surface area contributed by atoms with Gasteiger partial charge < -0.3 is 4.74 Å². The largest absolute Gasteiger partial charge is 0.484 e. The number of aromatic nitrogens is 2. The summed E-state index contributed by atoms with van der Waals surface area (Å²) in [5.74, 6) is 0.836. The number of fused-ring (bicyclic) bond motifs is 1. The van der Waals surface area contributed by atoms with Crippen molar-refractivity contribution in [2.24, 2.45) is 0 Å². The summed E-state index contributed by atoms with van der Waals surface area (Å²) in [4.78, 5) is 10.3. The summed E-state index contributed by atoms with van der Waals surface area (Å²) in [5.41, 5.74) is 1.24. The van der Waals surface area contributed by atoms with Crippen molar-refractivity contribution in [1.29, 1.82) is 0 Å². The molecule has 0 unspecified atom stereocenters. The second kappa shape index (κ2) is 10.8. The average Bonchev–Trinajstić information content (AvgIpc) is 3.24. The molecule has 0 fully saturated rings. The number of hydrogen-bond donors (Lipinski definition) is 0. The van der Waals surface area contributed by atoms with E-state index in [0.717, 1.165) is 35.2 Å². The van der Waals surface area contributed by atoms with E-state index >= 15 is 0 Å². The quantitative estimate of drug-likeness (QED) is 0.294. The van der Waals surface area contributed by atoms with Crippen molar-refractivity contribution in [3.8, 4) is 15.8 Å². The minimum absolute atomic E-state index is 0.823. The Labute approximate surface area is 170 Å². The molecule has 0 aromatic carbocycles. The molecule has 3 aromatic rings. The first-order valence-electron chi connectivity index (χ1n) is 10.3. The molecular weight excluding hydrogens is 372 g/mol. The van der Waals surface area contributed by atoms with Crippen LogP contribution in [0, 0.1) is 0 Å². The Hall–Kier alpha value is -1.46. The van der Waals surface area contributed by atoms with Crippen molar-refractivity contribution in [2.75, 3.05) is 6.61 Å². The first-order valence-corrected chi connectivity index (χ1v) is 11.9. The molecule has 0 bridgehead atoms. The van der Waals surface area contributed by atoms with E-state index < -0.39 is 0 Å². The Bertz CT molecular complexity index is 776. The van der Waals surface area contributed by atoms with Crippen LogP contribution >= 0.6 is 22.7 Å². The molecule has 146 valence electrons. The van der Waals surface area contributed by atoms with E-state index in [9.17, 15) is 0 Å². The van der Waals surface area contributed by atoms with Crippen molar-refractivity contribution >= 4 is 32.1 Å². The average molecular weight is 403 g/mol. The van der Waals surface area contributed by atoms with Crippen molar-refractivity contribution in [3.63, 3.8) is 0 Å². The van der Waals surface area contributed by atoms with Crippen LogP contribution in [-0.2, 0) is 6.42 Å². The summed E-state index contributed by atoms with van der Waals surface area (Å²) in [6.07, 6.45) is 15.1. The summed E-state index contributed by atoms with van der Waals surface area (Å²) in [5, 5.41) is 1.03. The predicted octanol–water partition coefficient (Wildman–Crippen LogP) is 7.50. The number of ether oxygens (including phenoxy) is 1. The topological polar surface area (TPSA) is 35.0 Å². The standard InChI is InChI=1S/C22H30N2OS2/c1-3-5-7-9-11-17-15-23-22(24-16-17)20-13-18-19(26-20)14-21(27-18)25-12-10-8-6-4-2/h13-16H,3-12H2,1-2H3. The Kier molecular flexibility index (Phi) is 8.09. The zero-order valence-corrected chi connectivity index (χ0v) is 18.1. The molecule has 0 atom stereocenters. The van der Waals surface area contributed by atoms with Crippen LogP contribution in [0.2, 0.25) is 0 Å². The molecule has 0 aliphatic rings. The first-order chi connectivity index (χ1) is 13.3. The molecule has 27 heavy (non-hydrogen) atoms. The van der Waals surface area contributed by atoms with E-state index in [0.29, 0.717) is 0 Å². The highest BCUT2D eigenvalue weighted by Crippen LogP contribution is 2.40. The minimum atomic E-state index is 0.823. The molecule has 3 rings (SSSR count). The van der Waals surface area contributed by atoms with Crippen molar-refractivity contribution in [3.05, 3.63) is 30.1 Å². The Morgan fingerprint density at radius 1 is 0.815 bits per heavy atom. The van der Waals surface area contributed by atoms with Crippen LogP contribution in [0.1, 0.15) is 70.8 Å². The molecule has 0 spiro atoms. The third kappa shape index (κ3) is 6.01. The molecule has 0 N–H and O–H groups in total. The molecule has 0 saturated heterocycles. The Morgan fingerprint density at radius 2 is 1.52 bits per heavy atom. The fraction of sp³-hybridized carbons (Fsp3) is 0.545. The van der Waals surface area contributed by atoms with E-state index in [1.54, 1.807) is 22.7 Å². The lowest BCUT2D eigenvalue weighted by molar-refractivity contribution is 0.314. The van der Waals surface area contributed by atoms with Crippen LogP contribution in [0.5, 0.6) is 5.06 Å². The van der Waals surface area contributed by atoms with Crippen molar-refractivity contribution in [1.82, 2.24) is 9.97 Å². The minimum Gasteiger partial charge on any atom is -0.484 e. The van der Waals surface area contributed by atoms with Crippen LogP contribution < -0.4 is 4.74 Å². The second-order valence-corrected chi connectivity index (χ2v) is 9.17. The molecule has 3 nitrogen and oxygen atoms in total. The third-order valence-corrected chi connectivity index (χ3v) is 6.87. The number of rotatable bonds is 12. The van der Waals surface area contributed by atoms with Gasteiger partial charge in [-0.3, -0.25) is 0 Å². The lowest BCUT2D eigenvalue weighted by Gasteiger charge is -2.02. The van der Waals surface area contributed by atoms with E-state index in [4.69, 9.17) is 4.74 Å². The molecular formula is C22H30N2OS2. The summed E-state index contributed by atoms with van der Waals surface area (Å²) < 4.78 is 8.44. The zero-order chi connectivity index (χ0) is 18.9. The molecule has 5 heteroatoms. The molecule has 0 saturated carbocycles. The Balaban J connectivity index is 1.55. The molecule has 0 amide bonds. The number of unbranched alkanes of at least 4 members (excludes halogenated alkanes) is 6. The van der Waals surface area contributed by atoms with E-state index in [1.807, 2.05) is 12.4 Å². The number of aryl methyl sites for hydroxylation is 1. The van der Waals surface area contributed by atoms with Gasteiger partial charge >= 0.3 is 0 Å². The van der Waals surface area contributed by atoms with Gasteiger partial charge in [0.15, 0.2) is 10.9 Å². The molecule has 3 aromatic heterocycles. The van der Waals surface area contributed by atoms with Gasteiger partial charge in [-0.1, -0.05) is 63.7 Å². The van der Waals surface area contributed by atoms with Crippen LogP contribution in [0.15, 0.2) is 24.5 Å². The summed E-state index contributed by atoms with van der Waals surface area (Å²) in [7, 11) is 0. The van der Waals surface area contributed by atoms with Gasteiger partial charge in [0.1, 0.15) is 0 Å². The highest BCUT2D eigenvalue weighted by atomic mass is 32.1. The van der Waals surface area contributed by atoms with Gasteiger partial charge in [0, 0.05) is 27.9 Å². The van der Waals surface area contributed by atoms with E-state index in [2.05, 4.69) is 35.9 Å². The summed E-state index contributed by atoms with van der Waals surface area (Å²) in [6, 6.07) is 4.36. The predicted molar refractivity (Wildman–Crippen MR) is 118 cm³/mol. The first kappa shape index (κ1) is 20.3. The van der Waals surface area contributed by atoms with Gasteiger partial charge in [-0.2, -0.15) is 0 Å². The summed E-state index contributed by atoms with van der Waals surface area (Å²) >= 11 is 3.48. The lowest BCUT2D eigenvalue weighted by atomic mass is 10.1. The smallest absolute Gasteiger partial charge is 0.175 e. The fourth-order valence-corrected chi connectivity index (χ4v) is 5.27. The van der Waals surface area contributed by atoms with Crippen LogP contribution in [0.25, 0.3) is 20.1 Å². The van der Waals surface area contributed by atoms with Crippen LogP contribution in [-0.4, -0.2) is 16.6 Å². The van der Waals surface area contributed by atoms with Gasteiger partial charge in [-0.15, -0.1) is 11.3 Å². The summed E-state index contributed by atoms with van der Waals surface area (Å²) in [6.45, 7) is 5.30. The van der Waals surface area contributed by atoms with Gasteiger partial charge in [0.25, 0.3) is 0 Å². The monoisotopic (exact) mass is 402 g/mol. The van der Waals surface area contributed by atoms with Gasteiger partial charge in [-0.25, -0.2) is 9.97 Å². The highest BCUT2D eigenvalue weighted by Gasteiger charge is 2.11. The normalized spacial score (nSPS) is 11.3. The number of hydrogen-bond acceptors (Lipinski definition) is 5. The van der Waals surface area contributed by atoms with Crippen molar-refractivity contribution in [2.45, 2.75) is 71.6 Å². The number of thiophene rings is 2. The molecule has 3 heterocycles. The fourth-order valence-electron chi connectivity index (χ4n) is 3.06. The molecule has 0 aliphatic heterocycles. The van der Waals surface area contributed by atoms with Crippen LogP contribution in [0.3, 0.4) is 0 Å². The van der Waals surface area contributed by atoms with Crippen molar-refractivity contribution < 1.29 is 4.74 Å². The lowest BCUT2D eigenvalue weighted by Crippen LogP contribution is -1.95. The Morgan fingerprint density at radius 3 is 2.22 bits per heavy atom. The zero-order valence-electron chi connectivity index (χ0n) is 16.5. The maximum absolute atomic E-state index is 5.91. The van der Waals surface area contributed by atoms with Crippen LogP contribution in [0.4, 0.5) is 0 Å². The van der Waals surface area contributed by atoms with Gasteiger partial charge in [0.2, 0.25) is 0 Å².